The number of benzene rings is 4. The maximum absolute atomic E-state index is 2.60. The molecule has 0 amide bonds. The smallest absolute Gasteiger partial charge is 0.0560 e. The zero-order valence-electron chi connectivity index (χ0n) is 37.4. The maximum Gasteiger partial charge on any atom is 0.0560 e. The lowest BCUT2D eigenvalue weighted by molar-refractivity contribution is 0.394. The molecule has 0 bridgehead atoms. The van der Waals surface area contributed by atoms with E-state index in [0.29, 0.717) is 23.7 Å². The Bertz CT molecular complexity index is 3020. The van der Waals surface area contributed by atoms with Gasteiger partial charge in [0.25, 0.3) is 0 Å². The summed E-state index contributed by atoms with van der Waals surface area (Å²) < 4.78 is 2.45. The van der Waals surface area contributed by atoms with Gasteiger partial charge in [-0.2, -0.15) is 0 Å². The van der Waals surface area contributed by atoms with Crippen molar-refractivity contribution in [2.45, 2.75) is 77.7 Å². The summed E-state index contributed by atoms with van der Waals surface area (Å²) in [7, 11) is 0. The van der Waals surface area contributed by atoms with E-state index in [1.54, 1.807) is 0 Å². The number of para-hydroxylation sites is 1. The minimum atomic E-state index is 0.0419. The topological polar surface area (TPSA) is 8.17 Å². The number of allylic oxidation sites excluding steroid dienone is 20. The molecule has 0 saturated heterocycles. The SMILES string of the molecule is CC1=C(C2=CC=C(c3ccc(N(c4ccc5c(c4)C(C)(C)[C@@H]4C=CC=CC54)C4C=CC(c5ccc6c(c5)c5ccccc5n6C5=CC(C)CC=C5)=CC4)cc3)CC2C)C=CC=CC1. The first-order valence-electron chi connectivity index (χ1n) is 23.4. The molecule has 1 aromatic heterocycles. The molecule has 6 aliphatic carbocycles. The quantitative estimate of drug-likeness (QED) is 0.159. The molecule has 5 atom stereocenters. The molecule has 2 nitrogen and oxygen atoms in total. The first-order valence-corrected chi connectivity index (χ1v) is 23.4. The monoisotopic (exact) mass is 818 g/mol. The molecule has 1 heterocycles. The van der Waals surface area contributed by atoms with Crippen LogP contribution in [0.4, 0.5) is 11.4 Å². The van der Waals surface area contributed by atoms with Crippen molar-refractivity contribution in [2.24, 2.45) is 17.8 Å². The van der Waals surface area contributed by atoms with Crippen molar-refractivity contribution in [2.75, 3.05) is 4.90 Å². The molecule has 0 aliphatic heterocycles. The van der Waals surface area contributed by atoms with Gasteiger partial charge in [-0.3, -0.25) is 0 Å². The Balaban J connectivity index is 0.935. The van der Waals surface area contributed by atoms with E-state index in [9.17, 15) is 0 Å². The van der Waals surface area contributed by atoms with Gasteiger partial charge in [-0.25, -0.2) is 0 Å². The van der Waals surface area contributed by atoms with E-state index in [0.717, 1.165) is 25.7 Å². The summed E-state index contributed by atoms with van der Waals surface area (Å²) in [5.41, 5.74) is 18.9. The number of hydrogen-bond donors (Lipinski definition) is 0. The predicted molar refractivity (Wildman–Crippen MR) is 270 cm³/mol. The number of nitrogens with zero attached hydrogens (tertiary/aromatic N) is 2. The van der Waals surface area contributed by atoms with Crippen LogP contribution < -0.4 is 4.90 Å². The van der Waals surface area contributed by atoms with Gasteiger partial charge in [-0.15, -0.1) is 0 Å². The highest BCUT2D eigenvalue weighted by molar-refractivity contribution is 6.11. The van der Waals surface area contributed by atoms with Gasteiger partial charge in [0.05, 0.1) is 17.1 Å². The van der Waals surface area contributed by atoms with Crippen molar-refractivity contribution >= 4 is 50.0 Å². The third kappa shape index (κ3) is 6.87. The molecule has 5 aromatic rings. The molecule has 2 heteroatoms. The maximum atomic E-state index is 2.60. The molecule has 0 spiro atoms. The lowest BCUT2D eigenvalue weighted by atomic mass is 9.74. The molecule has 0 N–H and O–H groups in total. The van der Waals surface area contributed by atoms with Crippen LogP contribution in [0.15, 0.2) is 199 Å². The van der Waals surface area contributed by atoms with E-state index in [-0.39, 0.29) is 11.5 Å². The Labute approximate surface area is 374 Å². The molecule has 63 heavy (non-hydrogen) atoms. The van der Waals surface area contributed by atoms with E-state index in [2.05, 4.69) is 226 Å². The van der Waals surface area contributed by atoms with Gasteiger partial charge < -0.3 is 9.47 Å². The van der Waals surface area contributed by atoms with Gasteiger partial charge in [-0.05, 0) is 149 Å². The van der Waals surface area contributed by atoms with Gasteiger partial charge in [0.1, 0.15) is 0 Å². The Kier molecular flexibility index (Phi) is 9.87. The van der Waals surface area contributed by atoms with E-state index in [4.69, 9.17) is 0 Å². The zero-order valence-corrected chi connectivity index (χ0v) is 37.4. The molecule has 6 aliphatic rings. The average molecular weight is 819 g/mol. The van der Waals surface area contributed by atoms with Crippen LogP contribution in [0.25, 0.3) is 38.6 Å². The fraction of sp³-hybridized carbons (Fsp3) is 0.246. The molecule has 4 unspecified atom stereocenters. The Morgan fingerprint density at radius 2 is 1.51 bits per heavy atom. The van der Waals surface area contributed by atoms with Crippen molar-refractivity contribution in [3.05, 3.63) is 221 Å². The predicted octanol–water partition coefficient (Wildman–Crippen LogP) is 16.1. The van der Waals surface area contributed by atoms with Crippen LogP contribution in [0, 0.1) is 17.8 Å². The lowest BCUT2D eigenvalue weighted by Gasteiger charge is -2.35. The van der Waals surface area contributed by atoms with Crippen molar-refractivity contribution < 1.29 is 0 Å². The number of rotatable bonds is 7. The van der Waals surface area contributed by atoms with Crippen molar-refractivity contribution in [3.8, 4) is 0 Å². The van der Waals surface area contributed by atoms with Gasteiger partial charge in [-0.1, -0.05) is 167 Å². The molecule has 4 aromatic carbocycles. The fourth-order valence-corrected chi connectivity index (χ4v) is 11.6. The normalized spacial score (nSPS) is 24.6. The zero-order chi connectivity index (χ0) is 42.8. The van der Waals surface area contributed by atoms with Gasteiger partial charge in [0.2, 0.25) is 0 Å². The van der Waals surface area contributed by atoms with Gasteiger partial charge in [0, 0.05) is 33.8 Å². The summed E-state index contributed by atoms with van der Waals surface area (Å²) in [6.07, 6.45) is 41.4. The summed E-state index contributed by atoms with van der Waals surface area (Å²) in [6.45, 7) is 11.9. The Morgan fingerprint density at radius 1 is 0.698 bits per heavy atom. The molecule has 312 valence electrons. The van der Waals surface area contributed by atoms with Crippen LogP contribution in [0.3, 0.4) is 0 Å². The largest absolute Gasteiger partial charge is 0.334 e. The molecule has 0 radical (unpaired) electrons. The summed E-state index contributed by atoms with van der Waals surface area (Å²) in [4.78, 5) is 2.60. The Morgan fingerprint density at radius 3 is 2.33 bits per heavy atom. The third-order valence-electron chi connectivity index (χ3n) is 15.0. The van der Waals surface area contributed by atoms with Crippen LogP contribution in [-0.4, -0.2) is 10.6 Å². The van der Waals surface area contributed by atoms with Crippen molar-refractivity contribution in [1.82, 2.24) is 4.57 Å². The van der Waals surface area contributed by atoms with Crippen molar-refractivity contribution in [1.29, 1.82) is 0 Å². The molecular formula is C61H58N2. The average Bonchev–Trinajstić information content (AvgIpc) is 3.64. The number of aromatic nitrogens is 1. The first-order chi connectivity index (χ1) is 30.7. The second kappa shape index (κ2) is 15.8. The van der Waals surface area contributed by atoms with E-state index >= 15 is 0 Å². The molecular weight excluding hydrogens is 761 g/mol. The standard InChI is InChI=1S/C61H58N2/c1-40-14-13-16-49(36-40)63-59-21-12-10-19-55(59)56-38-46(27-35-60(56)63)44-24-30-48(31-25-44)62(50-32-34-54-53-18-9-11-20-57(53)61(4,5)58(54)39-50)47-28-22-43(23-29-47)45-26-33-52(42(3)37-45)51-17-8-6-7-15-41(51)2/h6-13,16-30,32-36,38-40,42,48,53,57H,14-15,31,37H2,1-5H3/t40?,42?,48?,53?,57-/m1/s1. The van der Waals surface area contributed by atoms with Crippen LogP contribution >= 0.6 is 0 Å². The number of fused-ring (bicyclic) bond motifs is 6. The minimum Gasteiger partial charge on any atom is -0.334 e. The van der Waals surface area contributed by atoms with Crippen LogP contribution in [0.5, 0.6) is 0 Å². The van der Waals surface area contributed by atoms with Gasteiger partial charge >= 0.3 is 0 Å². The summed E-state index contributed by atoms with van der Waals surface area (Å²) in [5.74, 6) is 1.90. The number of anilines is 2. The van der Waals surface area contributed by atoms with Gasteiger partial charge in [0.15, 0.2) is 0 Å². The third-order valence-corrected chi connectivity index (χ3v) is 15.0. The van der Waals surface area contributed by atoms with E-state index < -0.39 is 0 Å². The minimum absolute atomic E-state index is 0.0419. The highest BCUT2D eigenvalue weighted by Gasteiger charge is 2.44. The van der Waals surface area contributed by atoms with Crippen LogP contribution in [0.2, 0.25) is 0 Å². The number of hydrogen-bond acceptors (Lipinski definition) is 1. The second-order valence-electron chi connectivity index (χ2n) is 19.4. The second-order valence-corrected chi connectivity index (χ2v) is 19.4. The van der Waals surface area contributed by atoms with Crippen LogP contribution in [0.1, 0.15) is 88.5 Å². The summed E-state index contributed by atoms with van der Waals surface area (Å²) in [5, 5.41) is 2.61. The molecule has 11 rings (SSSR count). The fourth-order valence-electron chi connectivity index (χ4n) is 11.6. The van der Waals surface area contributed by atoms with E-state index in [1.807, 2.05) is 0 Å². The molecule has 0 fully saturated rings. The summed E-state index contributed by atoms with van der Waals surface area (Å²) in [6, 6.07) is 32.9. The Hall–Kier alpha value is -6.38. The first kappa shape index (κ1) is 39.5. The van der Waals surface area contributed by atoms with Crippen molar-refractivity contribution in [3.63, 3.8) is 0 Å². The highest BCUT2D eigenvalue weighted by atomic mass is 15.2. The highest BCUT2D eigenvalue weighted by Crippen LogP contribution is 2.54. The summed E-state index contributed by atoms with van der Waals surface area (Å²) >= 11 is 0. The van der Waals surface area contributed by atoms with E-state index in [1.165, 1.54) is 89.0 Å². The van der Waals surface area contributed by atoms with Crippen LogP contribution in [-0.2, 0) is 5.41 Å². The molecule has 0 saturated carbocycles. The lowest BCUT2D eigenvalue weighted by Crippen LogP contribution is -2.30.